The van der Waals surface area contributed by atoms with Crippen molar-refractivity contribution in [1.29, 1.82) is 0 Å². The van der Waals surface area contributed by atoms with Gasteiger partial charge in [0.2, 0.25) is 15.9 Å². The maximum Gasteiger partial charge on any atom is 0.293 e. The van der Waals surface area contributed by atoms with Crippen LogP contribution < -0.4 is 15.6 Å². The highest BCUT2D eigenvalue weighted by molar-refractivity contribution is 7.92. The van der Waals surface area contributed by atoms with Crippen LogP contribution in [0.2, 0.25) is 5.02 Å². The lowest BCUT2D eigenvalue weighted by molar-refractivity contribution is -0.123. The fourth-order valence-corrected chi connectivity index (χ4v) is 9.21. The first-order valence-corrected chi connectivity index (χ1v) is 21.1. The number of sulfonamides is 1. The normalized spacial score (nSPS) is 17.0. The molecule has 12 nitrogen and oxygen atoms in total. The van der Waals surface area contributed by atoms with Crippen LogP contribution in [0.15, 0.2) is 71.5 Å². The molecule has 7 aromatic rings. The van der Waals surface area contributed by atoms with E-state index < -0.39 is 99.3 Å². The average Bonchev–Trinajstić information content (AvgIpc) is 3.72. The molecule has 63 heavy (non-hydrogen) atoms. The zero-order valence-electron chi connectivity index (χ0n) is 32.4. The van der Waals surface area contributed by atoms with E-state index in [2.05, 4.69) is 20.2 Å². The highest BCUT2D eigenvalue weighted by atomic mass is 35.5. The Hall–Kier alpha value is -6.35. The van der Waals surface area contributed by atoms with Gasteiger partial charge in [0.25, 0.3) is 17.9 Å². The molecule has 1 saturated carbocycles. The molecule has 0 radical (unpaired) electrons. The van der Waals surface area contributed by atoms with Gasteiger partial charge in [0.05, 0.1) is 44.8 Å². The highest BCUT2D eigenvalue weighted by Gasteiger charge is 2.67. The van der Waals surface area contributed by atoms with Crippen LogP contribution in [0.4, 0.5) is 40.9 Å². The van der Waals surface area contributed by atoms with Gasteiger partial charge < -0.3 is 5.32 Å². The predicted octanol–water partition coefficient (Wildman–Crippen LogP) is 7.96. The van der Waals surface area contributed by atoms with Crippen LogP contribution >= 0.6 is 11.6 Å². The van der Waals surface area contributed by atoms with E-state index in [0.29, 0.717) is 16.8 Å². The summed E-state index contributed by atoms with van der Waals surface area (Å²) in [5.74, 6) is -11.3. The first kappa shape index (κ1) is 42.0. The fraction of sp³-hybridized carbons (Fsp3) is 0.244. The number of hydrogen-bond donors (Lipinski definition) is 2. The molecule has 326 valence electrons. The molecular weight excluding hydrogens is 888 g/mol. The number of carbonyl (C=O) groups is 1. The third-order valence-corrected chi connectivity index (χ3v) is 11.9. The van der Waals surface area contributed by atoms with Crippen LogP contribution in [-0.2, 0) is 40.8 Å². The van der Waals surface area contributed by atoms with Crippen LogP contribution in [0.25, 0.3) is 38.6 Å². The summed E-state index contributed by atoms with van der Waals surface area (Å²) in [6.07, 6.45) is -2.96. The summed E-state index contributed by atoms with van der Waals surface area (Å²) in [7, 11) is -2.55. The summed E-state index contributed by atoms with van der Waals surface area (Å²) in [4.78, 5) is 33.8. The van der Waals surface area contributed by atoms with Gasteiger partial charge >= 0.3 is 0 Å². The molecule has 0 saturated heterocycles. The molecule has 0 unspecified atom stereocenters. The molecular formula is C41H29ClF8N8O4S. The Balaban J connectivity index is 1.26. The van der Waals surface area contributed by atoms with E-state index in [4.69, 9.17) is 16.6 Å². The molecule has 9 rings (SSSR count). The summed E-state index contributed by atoms with van der Waals surface area (Å²) in [5.41, 5.74) is -3.13. The van der Waals surface area contributed by atoms with Crippen LogP contribution in [0, 0.1) is 29.2 Å². The third-order valence-electron chi connectivity index (χ3n) is 11.0. The number of halogens is 9. The second kappa shape index (κ2) is 14.9. The van der Waals surface area contributed by atoms with Gasteiger partial charge in [-0.15, -0.1) is 0 Å². The maximum absolute atomic E-state index is 15.5. The van der Waals surface area contributed by atoms with Crippen LogP contribution in [0.3, 0.4) is 0 Å². The molecule has 3 heterocycles. The molecule has 2 aliphatic carbocycles. The quantitative estimate of drug-likeness (QED) is 0.125. The maximum atomic E-state index is 15.5. The zero-order valence-corrected chi connectivity index (χ0v) is 34.0. The van der Waals surface area contributed by atoms with Gasteiger partial charge in [-0.05, 0) is 72.0 Å². The third kappa shape index (κ3) is 7.35. The van der Waals surface area contributed by atoms with Crippen LogP contribution in [0.1, 0.15) is 53.1 Å². The standard InChI is InChI=1S/C41H29ClF8N8O4S/c1-56-35-30(8-7-26(42)33(35)38(54-56)55-63(2,61)62)58-39(52-28-12-18(3-5-23(28)40(58)60)22-6-4-19(43)14-27(22)46)29(11-17-9-20(44)13-21(45)10-17)51-31(59)16-57-36-32(34(53-57)37(47)48)24-15-25(24)41(36,49)50/h3-10,12-14,24-25,29,37H,11,15-16H2,1-2H3,(H,51,59)(H,54,55)/t24-,25+,29-/m0/s1. The van der Waals surface area contributed by atoms with Gasteiger partial charge in [0.15, 0.2) is 5.82 Å². The summed E-state index contributed by atoms with van der Waals surface area (Å²) < 4.78 is 147. The van der Waals surface area contributed by atoms with E-state index in [1.807, 2.05) is 0 Å². The van der Waals surface area contributed by atoms with Gasteiger partial charge in [-0.1, -0.05) is 17.7 Å². The Labute approximate surface area is 355 Å². The Kier molecular flexibility index (Phi) is 9.92. The van der Waals surface area contributed by atoms with E-state index in [-0.39, 0.29) is 72.8 Å². The molecule has 3 atom stereocenters. The van der Waals surface area contributed by atoms with Crippen LogP contribution in [0.5, 0.6) is 0 Å². The number of carbonyl (C=O) groups excluding carboxylic acids is 1. The Morgan fingerprint density at radius 3 is 2.38 bits per heavy atom. The number of nitrogens with one attached hydrogen (secondary N) is 2. The molecule has 1 amide bonds. The topological polar surface area (TPSA) is 146 Å². The Bertz CT molecular complexity index is 3250. The molecule has 0 aliphatic heterocycles. The predicted molar refractivity (Wildman–Crippen MR) is 213 cm³/mol. The molecule has 0 spiro atoms. The number of amides is 1. The molecule has 2 aliphatic rings. The molecule has 3 aromatic heterocycles. The van der Waals surface area contributed by atoms with Crippen molar-refractivity contribution in [2.45, 2.75) is 43.7 Å². The second-order valence-corrected chi connectivity index (χ2v) is 17.5. The number of anilines is 1. The van der Waals surface area contributed by atoms with E-state index in [9.17, 15) is 40.0 Å². The molecule has 1 fully saturated rings. The Morgan fingerprint density at radius 2 is 1.70 bits per heavy atom. The average molecular weight is 917 g/mol. The van der Waals surface area contributed by atoms with Crippen molar-refractivity contribution in [1.82, 2.24) is 34.4 Å². The fourth-order valence-electron chi connectivity index (χ4n) is 8.47. The van der Waals surface area contributed by atoms with E-state index in [0.717, 1.165) is 35.1 Å². The number of benzene rings is 4. The number of nitrogens with zero attached hydrogens (tertiary/aromatic N) is 6. The molecule has 22 heteroatoms. The number of rotatable bonds is 11. The largest absolute Gasteiger partial charge is 0.344 e. The summed E-state index contributed by atoms with van der Waals surface area (Å²) in [6.45, 7) is -1.04. The monoisotopic (exact) mass is 916 g/mol. The second-order valence-electron chi connectivity index (χ2n) is 15.4. The number of hydrogen-bond acceptors (Lipinski definition) is 7. The van der Waals surface area contributed by atoms with E-state index >= 15 is 13.2 Å². The summed E-state index contributed by atoms with van der Waals surface area (Å²) in [5, 5.41) is 10.4. The Morgan fingerprint density at radius 1 is 0.968 bits per heavy atom. The highest BCUT2D eigenvalue weighted by Crippen LogP contribution is 2.68. The molecule has 4 aromatic carbocycles. The minimum absolute atomic E-state index is 0.0105. The van der Waals surface area contributed by atoms with Crippen molar-refractivity contribution in [3.8, 4) is 16.8 Å². The van der Waals surface area contributed by atoms with Crippen molar-refractivity contribution in [3.63, 3.8) is 0 Å². The molecule has 0 bridgehead atoms. The van der Waals surface area contributed by atoms with E-state index in [1.54, 1.807) is 0 Å². The lowest BCUT2D eigenvalue weighted by Crippen LogP contribution is -2.38. The van der Waals surface area contributed by atoms with Crippen molar-refractivity contribution in [3.05, 3.63) is 134 Å². The zero-order chi connectivity index (χ0) is 45.0. The first-order valence-electron chi connectivity index (χ1n) is 18.9. The SMILES string of the molecule is Cn1nc(NS(C)(=O)=O)c2c(Cl)ccc(-n3c([C@H](Cc4cc(F)cc(F)c4)NC(=O)Cn4nc(C(F)F)c5c4C(F)(F)[C@@H]4C[C@H]54)nc4cc(-c5ccc(F)cc5F)ccc4c3=O)c21. The van der Waals surface area contributed by atoms with Gasteiger partial charge in [0, 0.05) is 42.6 Å². The van der Waals surface area contributed by atoms with Crippen molar-refractivity contribution < 1.29 is 48.3 Å². The van der Waals surface area contributed by atoms with Gasteiger partial charge in [-0.3, -0.25) is 28.2 Å². The minimum Gasteiger partial charge on any atom is -0.344 e. The van der Waals surface area contributed by atoms with Gasteiger partial charge in [-0.2, -0.15) is 19.0 Å². The lowest BCUT2D eigenvalue weighted by atomic mass is 10.0. The summed E-state index contributed by atoms with van der Waals surface area (Å²) in [6, 6.07) is 10.2. The smallest absolute Gasteiger partial charge is 0.293 e. The molecule has 2 N–H and O–H groups in total. The first-order chi connectivity index (χ1) is 29.7. The van der Waals surface area contributed by atoms with Crippen molar-refractivity contribution in [2.24, 2.45) is 13.0 Å². The number of aryl methyl sites for hydroxylation is 1. The van der Waals surface area contributed by atoms with Crippen molar-refractivity contribution in [2.75, 3.05) is 11.0 Å². The van der Waals surface area contributed by atoms with Crippen molar-refractivity contribution >= 4 is 55.2 Å². The lowest BCUT2D eigenvalue weighted by Gasteiger charge is -2.24. The van der Waals surface area contributed by atoms with Gasteiger partial charge in [-0.25, -0.2) is 39.7 Å². The van der Waals surface area contributed by atoms with E-state index in [1.165, 1.54) is 42.1 Å². The number of fused-ring (bicyclic) bond motifs is 5. The van der Waals surface area contributed by atoms with Gasteiger partial charge in [0.1, 0.15) is 47.0 Å². The number of aromatic nitrogens is 6. The van der Waals surface area contributed by atoms with Crippen LogP contribution in [-0.4, -0.2) is 49.7 Å². The summed E-state index contributed by atoms with van der Waals surface area (Å²) >= 11 is 6.59. The minimum atomic E-state index is -3.95. The number of alkyl halides is 4.